The highest BCUT2D eigenvalue weighted by Crippen LogP contribution is 2.22. The van der Waals surface area contributed by atoms with Gasteiger partial charge in [-0.05, 0) is 19.1 Å². The number of anilines is 1. The summed E-state index contributed by atoms with van der Waals surface area (Å²) in [5.74, 6) is 0. The number of ether oxygens (including phenoxy) is 1. The predicted octanol–water partition coefficient (Wildman–Crippen LogP) is 0.236. The zero-order valence-corrected chi connectivity index (χ0v) is 10.3. The maximum absolute atomic E-state index is 9.69. The Bertz CT molecular complexity index is 381. The second-order valence-corrected chi connectivity index (χ2v) is 4.65. The zero-order valence-electron chi connectivity index (χ0n) is 10.3. The highest BCUT2D eigenvalue weighted by atomic mass is 16.5. The van der Waals surface area contributed by atoms with E-state index < -0.39 is 24.5 Å². The second kappa shape index (κ2) is 5.67. The maximum atomic E-state index is 9.69. The van der Waals surface area contributed by atoms with Crippen molar-refractivity contribution in [3.8, 4) is 0 Å². The fraction of sp³-hybridized carbons (Fsp3) is 0.538. The average molecular weight is 253 g/mol. The Balaban J connectivity index is 1.99. The molecular weight excluding hydrogens is 234 g/mol. The SMILES string of the molecule is Cc1ccc(NC2CC(O)C(O)C(CO)O2)cc1. The normalized spacial score (nSPS) is 32.2. The van der Waals surface area contributed by atoms with Gasteiger partial charge in [-0.15, -0.1) is 0 Å². The van der Waals surface area contributed by atoms with Crippen LogP contribution in [0.3, 0.4) is 0 Å². The largest absolute Gasteiger partial charge is 0.394 e. The number of aliphatic hydroxyl groups is 3. The van der Waals surface area contributed by atoms with E-state index in [-0.39, 0.29) is 13.0 Å². The molecule has 4 N–H and O–H groups in total. The van der Waals surface area contributed by atoms with Crippen LogP contribution in [0.2, 0.25) is 0 Å². The third kappa shape index (κ3) is 3.00. The van der Waals surface area contributed by atoms with Crippen LogP contribution in [0.1, 0.15) is 12.0 Å². The minimum absolute atomic E-state index is 0.283. The molecule has 0 bridgehead atoms. The Morgan fingerprint density at radius 2 is 1.94 bits per heavy atom. The van der Waals surface area contributed by atoms with Crippen LogP contribution < -0.4 is 5.32 Å². The molecule has 0 amide bonds. The van der Waals surface area contributed by atoms with Crippen molar-refractivity contribution in [2.45, 2.75) is 37.9 Å². The summed E-state index contributed by atoms with van der Waals surface area (Å²) in [7, 11) is 0. The summed E-state index contributed by atoms with van der Waals surface area (Å²) in [5.41, 5.74) is 2.04. The summed E-state index contributed by atoms with van der Waals surface area (Å²) >= 11 is 0. The summed E-state index contributed by atoms with van der Waals surface area (Å²) in [6.45, 7) is 1.69. The van der Waals surface area contributed by atoms with Gasteiger partial charge in [-0.1, -0.05) is 17.7 Å². The Hall–Kier alpha value is -1.14. The summed E-state index contributed by atoms with van der Waals surface area (Å²) in [4.78, 5) is 0. The number of hydrogen-bond acceptors (Lipinski definition) is 5. The molecule has 1 aromatic rings. The molecule has 0 radical (unpaired) electrons. The quantitative estimate of drug-likeness (QED) is 0.620. The molecule has 1 saturated heterocycles. The van der Waals surface area contributed by atoms with Gasteiger partial charge in [0, 0.05) is 12.1 Å². The lowest BCUT2D eigenvalue weighted by atomic mass is 10.0. The molecule has 1 heterocycles. The van der Waals surface area contributed by atoms with E-state index in [0.29, 0.717) is 0 Å². The second-order valence-electron chi connectivity index (χ2n) is 4.65. The van der Waals surface area contributed by atoms with Crippen LogP contribution in [-0.2, 0) is 4.74 Å². The lowest BCUT2D eigenvalue weighted by Crippen LogP contribution is -2.51. The number of aliphatic hydroxyl groups excluding tert-OH is 3. The maximum Gasteiger partial charge on any atom is 0.130 e. The Kier molecular flexibility index (Phi) is 4.19. The van der Waals surface area contributed by atoms with Crippen molar-refractivity contribution < 1.29 is 20.1 Å². The number of rotatable bonds is 3. The number of aryl methyl sites for hydroxylation is 1. The summed E-state index contributed by atoms with van der Waals surface area (Å²) in [5, 5.41) is 31.5. The van der Waals surface area contributed by atoms with Crippen molar-refractivity contribution >= 4 is 5.69 Å². The van der Waals surface area contributed by atoms with Crippen LogP contribution in [0.4, 0.5) is 5.69 Å². The first-order chi connectivity index (χ1) is 8.60. The van der Waals surface area contributed by atoms with Crippen molar-refractivity contribution in [1.82, 2.24) is 0 Å². The van der Waals surface area contributed by atoms with E-state index in [4.69, 9.17) is 9.84 Å². The van der Waals surface area contributed by atoms with Gasteiger partial charge in [-0.3, -0.25) is 0 Å². The molecule has 5 heteroatoms. The van der Waals surface area contributed by atoms with Crippen LogP contribution >= 0.6 is 0 Å². The third-order valence-corrected chi connectivity index (χ3v) is 3.13. The van der Waals surface area contributed by atoms with E-state index >= 15 is 0 Å². The van der Waals surface area contributed by atoms with E-state index in [1.807, 2.05) is 31.2 Å². The Morgan fingerprint density at radius 3 is 2.56 bits per heavy atom. The van der Waals surface area contributed by atoms with Crippen molar-refractivity contribution in [3.63, 3.8) is 0 Å². The van der Waals surface area contributed by atoms with Gasteiger partial charge in [0.05, 0.1) is 12.7 Å². The molecule has 2 rings (SSSR count). The molecule has 0 aliphatic carbocycles. The first-order valence-corrected chi connectivity index (χ1v) is 6.06. The summed E-state index contributed by atoms with van der Waals surface area (Å²) in [6, 6.07) is 7.79. The third-order valence-electron chi connectivity index (χ3n) is 3.13. The fourth-order valence-electron chi connectivity index (χ4n) is 2.03. The minimum atomic E-state index is -1.04. The van der Waals surface area contributed by atoms with Gasteiger partial charge >= 0.3 is 0 Å². The number of nitrogens with one attached hydrogen (secondary N) is 1. The van der Waals surface area contributed by atoms with Crippen LogP contribution in [0, 0.1) is 6.92 Å². The minimum Gasteiger partial charge on any atom is -0.394 e. The van der Waals surface area contributed by atoms with Crippen LogP contribution in [-0.4, -0.2) is 46.5 Å². The smallest absolute Gasteiger partial charge is 0.130 e. The van der Waals surface area contributed by atoms with Gasteiger partial charge in [-0.2, -0.15) is 0 Å². The molecule has 0 aromatic heterocycles. The molecule has 5 nitrogen and oxygen atoms in total. The molecular formula is C13H19NO4. The molecule has 1 fully saturated rings. The molecule has 1 aliphatic heterocycles. The van der Waals surface area contributed by atoms with Crippen molar-refractivity contribution in [1.29, 1.82) is 0 Å². The molecule has 4 unspecified atom stereocenters. The van der Waals surface area contributed by atoms with Crippen LogP contribution in [0.15, 0.2) is 24.3 Å². The molecule has 0 spiro atoms. The highest BCUT2D eigenvalue weighted by Gasteiger charge is 2.36. The number of benzene rings is 1. The molecule has 4 atom stereocenters. The summed E-state index contributed by atoms with van der Waals surface area (Å²) < 4.78 is 5.48. The molecule has 18 heavy (non-hydrogen) atoms. The van der Waals surface area contributed by atoms with Gasteiger partial charge in [-0.25, -0.2) is 0 Å². The first-order valence-electron chi connectivity index (χ1n) is 6.06. The zero-order chi connectivity index (χ0) is 13.1. The molecule has 0 saturated carbocycles. The van der Waals surface area contributed by atoms with E-state index in [9.17, 15) is 10.2 Å². The van der Waals surface area contributed by atoms with Crippen molar-refractivity contribution in [2.75, 3.05) is 11.9 Å². The number of hydrogen-bond donors (Lipinski definition) is 4. The van der Waals surface area contributed by atoms with E-state index in [2.05, 4.69) is 5.32 Å². The molecule has 100 valence electrons. The van der Waals surface area contributed by atoms with Crippen molar-refractivity contribution in [2.24, 2.45) is 0 Å². The topological polar surface area (TPSA) is 82.0 Å². The van der Waals surface area contributed by atoms with Gasteiger partial charge in [0.2, 0.25) is 0 Å². The lowest BCUT2D eigenvalue weighted by molar-refractivity contribution is -0.172. The Morgan fingerprint density at radius 1 is 1.28 bits per heavy atom. The van der Waals surface area contributed by atoms with Gasteiger partial charge in [0.15, 0.2) is 0 Å². The Labute approximate surface area is 106 Å². The molecule has 1 aliphatic rings. The van der Waals surface area contributed by atoms with Gasteiger partial charge in [0.25, 0.3) is 0 Å². The van der Waals surface area contributed by atoms with Gasteiger partial charge < -0.3 is 25.4 Å². The predicted molar refractivity (Wildman–Crippen MR) is 67.2 cm³/mol. The van der Waals surface area contributed by atoms with E-state index in [1.165, 1.54) is 0 Å². The highest BCUT2D eigenvalue weighted by molar-refractivity contribution is 5.44. The monoisotopic (exact) mass is 253 g/mol. The lowest BCUT2D eigenvalue weighted by Gasteiger charge is -2.36. The summed E-state index contributed by atoms with van der Waals surface area (Å²) in [6.07, 6.45) is -2.81. The van der Waals surface area contributed by atoms with Crippen molar-refractivity contribution in [3.05, 3.63) is 29.8 Å². The standard InChI is InChI=1S/C13H19NO4/c1-8-2-4-9(5-3-8)14-12-6-10(16)13(17)11(7-15)18-12/h2-5,10-17H,6-7H2,1H3. The van der Waals surface area contributed by atoms with Crippen LogP contribution in [0.5, 0.6) is 0 Å². The first kappa shape index (κ1) is 13.3. The van der Waals surface area contributed by atoms with E-state index in [1.54, 1.807) is 0 Å². The average Bonchev–Trinajstić information content (AvgIpc) is 2.36. The van der Waals surface area contributed by atoms with E-state index in [0.717, 1.165) is 11.3 Å². The molecule has 1 aromatic carbocycles. The van der Waals surface area contributed by atoms with Crippen LogP contribution in [0.25, 0.3) is 0 Å². The fourth-order valence-corrected chi connectivity index (χ4v) is 2.03. The van der Waals surface area contributed by atoms with Gasteiger partial charge in [0.1, 0.15) is 18.4 Å².